The molecule has 182 valence electrons. The zero-order valence-electron chi connectivity index (χ0n) is 21.3. The van der Waals surface area contributed by atoms with Crippen molar-refractivity contribution in [2.45, 2.75) is 110 Å². The smallest absolute Gasteiger partial charge is 0.219 e. The maximum Gasteiger partial charge on any atom is 0.219 e. The first-order chi connectivity index (χ1) is 15.3. The molecule has 1 saturated heterocycles. The quantitative estimate of drug-likeness (QED) is 0.619. The zero-order valence-corrected chi connectivity index (χ0v) is 21.3. The highest BCUT2D eigenvalue weighted by molar-refractivity contribution is 5.48. The predicted octanol–water partition coefficient (Wildman–Crippen LogP) is 5.84. The summed E-state index contributed by atoms with van der Waals surface area (Å²) in [6, 6.07) is 4.13. The fourth-order valence-corrected chi connectivity index (χ4v) is 6.91. The van der Waals surface area contributed by atoms with Gasteiger partial charge in [-0.2, -0.15) is 0 Å². The van der Waals surface area contributed by atoms with Gasteiger partial charge in [-0.1, -0.05) is 20.3 Å². The number of hydrogen-bond acceptors (Lipinski definition) is 5. The van der Waals surface area contributed by atoms with E-state index in [9.17, 15) is 5.11 Å². The van der Waals surface area contributed by atoms with Crippen LogP contribution in [-0.2, 0) is 15.9 Å². The van der Waals surface area contributed by atoms with Gasteiger partial charge in [0.1, 0.15) is 22.9 Å². The number of hydrogen-bond donors (Lipinski definition) is 1. The molecule has 5 rings (SSSR count). The number of allylic oxidation sites excluding steroid dienone is 1. The topological polar surface area (TPSA) is 57.2 Å². The first-order valence-corrected chi connectivity index (χ1v) is 12.5. The van der Waals surface area contributed by atoms with E-state index >= 15 is 0 Å². The Labute approximate surface area is 198 Å². The summed E-state index contributed by atoms with van der Waals surface area (Å²) in [6.07, 6.45) is 8.14. The molecule has 2 fully saturated rings. The summed E-state index contributed by atoms with van der Waals surface area (Å²) in [5.41, 5.74) is 1.10. The number of benzene rings is 1. The van der Waals surface area contributed by atoms with Crippen molar-refractivity contribution in [3.8, 4) is 11.5 Å². The van der Waals surface area contributed by atoms with Crippen LogP contribution in [0.3, 0.4) is 0 Å². The molecular weight excluding hydrogens is 416 g/mol. The molecule has 1 aliphatic carbocycles. The molecule has 0 bridgehead atoms. The molecule has 0 aromatic heterocycles. The van der Waals surface area contributed by atoms with E-state index in [1.807, 2.05) is 19.9 Å². The highest BCUT2D eigenvalue weighted by Crippen LogP contribution is 2.67. The lowest BCUT2D eigenvalue weighted by Crippen LogP contribution is -2.57. The molecule has 5 atom stereocenters. The van der Waals surface area contributed by atoms with Crippen LogP contribution in [0.4, 0.5) is 0 Å². The van der Waals surface area contributed by atoms with Crippen molar-refractivity contribution in [1.82, 2.24) is 0 Å². The number of aliphatic hydroxyl groups excluding tert-OH is 1. The summed E-state index contributed by atoms with van der Waals surface area (Å²) in [5.74, 6) is 1.99. The van der Waals surface area contributed by atoms with Gasteiger partial charge in [-0.25, -0.2) is 0 Å². The van der Waals surface area contributed by atoms with Crippen LogP contribution in [-0.4, -0.2) is 35.3 Å². The fraction of sp³-hybridized carbons (Fsp3) is 0.714. The molecular formula is C28H40O5. The van der Waals surface area contributed by atoms with Gasteiger partial charge >= 0.3 is 0 Å². The summed E-state index contributed by atoms with van der Waals surface area (Å²) >= 11 is 0. The average Bonchev–Trinajstić information content (AvgIpc) is 3.15. The van der Waals surface area contributed by atoms with Gasteiger partial charge in [0.05, 0.1) is 18.8 Å². The third kappa shape index (κ3) is 3.33. The highest BCUT2D eigenvalue weighted by atomic mass is 16.7. The van der Waals surface area contributed by atoms with Crippen molar-refractivity contribution in [2.75, 3.05) is 7.11 Å². The molecule has 3 heterocycles. The summed E-state index contributed by atoms with van der Waals surface area (Å²) in [7, 11) is 1.71. The predicted molar refractivity (Wildman–Crippen MR) is 127 cm³/mol. The second-order valence-corrected chi connectivity index (χ2v) is 12.2. The Morgan fingerprint density at radius 2 is 1.82 bits per heavy atom. The largest absolute Gasteiger partial charge is 0.497 e. The van der Waals surface area contributed by atoms with Crippen molar-refractivity contribution >= 4 is 0 Å². The Kier molecular flexibility index (Phi) is 4.99. The van der Waals surface area contributed by atoms with Crippen LogP contribution in [0.5, 0.6) is 11.5 Å². The molecule has 1 N–H and O–H groups in total. The second-order valence-electron chi connectivity index (χ2n) is 12.2. The van der Waals surface area contributed by atoms with Crippen LogP contribution < -0.4 is 9.47 Å². The monoisotopic (exact) mass is 456 g/mol. The van der Waals surface area contributed by atoms with Gasteiger partial charge in [-0.3, -0.25) is 0 Å². The standard InChI is InChI=1S/C28H40O5/c1-18-13-20(30-7)14-19-9-12-26(5,32-23(18)19)16-21-15-25(4)10-8-11-27(25,6)28(31-21)17-22(29)24(2,3)33-28/h13-15,22,29H,8-12,16-17H2,1-7H3/t22-,25+,26?,27+,28+/m1/s1. The number of fused-ring (bicyclic) bond motifs is 3. The lowest BCUT2D eigenvalue weighted by atomic mass is 9.60. The highest BCUT2D eigenvalue weighted by Gasteiger charge is 2.70. The minimum Gasteiger partial charge on any atom is -0.497 e. The van der Waals surface area contributed by atoms with E-state index < -0.39 is 17.5 Å². The van der Waals surface area contributed by atoms with Crippen LogP contribution in [0.25, 0.3) is 0 Å². The van der Waals surface area contributed by atoms with E-state index in [0.29, 0.717) is 12.8 Å². The fourth-order valence-electron chi connectivity index (χ4n) is 6.91. The molecule has 1 aromatic rings. The normalized spacial score (nSPS) is 41.1. The number of aliphatic hydroxyl groups is 1. The van der Waals surface area contributed by atoms with E-state index in [1.165, 1.54) is 5.56 Å². The summed E-state index contributed by atoms with van der Waals surface area (Å²) in [5, 5.41) is 10.9. The maximum atomic E-state index is 10.9. The molecule has 1 spiro atoms. The molecule has 1 aromatic carbocycles. The summed E-state index contributed by atoms with van der Waals surface area (Å²) in [6.45, 7) is 12.9. The van der Waals surface area contributed by atoms with E-state index in [2.05, 4.69) is 39.8 Å². The lowest BCUT2D eigenvalue weighted by Gasteiger charge is -2.55. The van der Waals surface area contributed by atoms with E-state index in [1.54, 1.807) is 7.11 Å². The molecule has 4 aliphatic rings. The summed E-state index contributed by atoms with van der Waals surface area (Å²) in [4.78, 5) is 0. The molecule has 1 unspecified atom stereocenters. The molecule has 0 amide bonds. The number of ether oxygens (including phenoxy) is 4. The van der Waals surface area contributed by atoms with Gasteiger partial charge in [0, 0.05) is 23.7 Å². The van der Waals surface area contributed by atoms with E-state index in [0.717, 1.165) is 54.9 Å². The number of aryl methyl sites for hydroxylation is 2. The Morgan fingerprint density at radius 3 is 2.48 bits per heavy atom. The van der Waals surface area contributed by atoms with Gasteiger partial charge in [0.2, 0.25) is 5.79 Å². The van der Waals surface area contributed by atoms with Crippen LogP contribution in [0.15, 0.2) is 24.0 Å². The first kappa shape index (κ1) is 23.0. The van der Waals surface area contributed by atoms with Gasteiger partial charge in [0.25, 0.3) is 0 Å². The van der Waals surface area contributed by atoms with Gasteiger partial charge in [-0.15, -0.1) is 0 Å². The summed E-state index contributed by atoms with van der Waals surface area (Å²) < 4.78 is 25.6. The first-order valence-electron chi connectivity index (χ1n) is 12.5. The van der Waals surface area contributed by atoms with Crippen molar-refractivity contribution in [3.05, 3.63) is 35.1 Å². The van der Waals surface area contributed by atoms with Crippen LogP contribution in [0.1, 0.15) is 84.3 Å². The molecule has 3 aliphatic heterocycles. The third-order valence-electron chi connectivity index (χ3n) is 9.32. The maximum absolute atomic E-state index is 10.9. The Balaban J connectivity index is 1.47. The molecule has 1 saturated carbocycles. The Bertz CT molecular complexity index is 998. The molecule has 5 nitrogen and oxygen atoms in total. The van der Waals surface area contributed by atoms with Crippen molar-refractivity contribution < 1.29 is 24.1 Å². The minimum atomic E-state index is -0.808. The Hall–Kier alpha value is -1.72. The van der Waals surface area contributed by atoms with E-state index in [4.69, 9.17) is 18.9 Å². The minimum absolute atomic E-state index is 0.0348. The number of methoxy groups -OCH3 is 1. The second kappa shape index (κ2) is 7.14. The lowest BCUT2D eigenvalue weighted by molar-refractivity contribution is -0.311. The van der Waals surface area contributed by atoms with Crippen molar-refractivity contribution in [1.29, 1.82) is 0 Å². The third-order valence-corrected chi connectivity index (χ3v) is 9.32. The van der Waals surface area contributed by atoms with Crippen LogP contribution in [0.2, 0.25) is 0 Å². The van der Waals surface area contributed by atoms with Gasteiger partial charge < -0.3 is 24.1 Å². The van der Waals surface area contributed by atoms with Gasteiger partial charge in [0.15, 0.2) is 0 Å². The SMILES string of the molecule is COc1cc(C)c2c(c1)CCC(C)(CC1=C[C@]3(C)CCC[C@]3(C)[C@@]3(C[C@@H](O)C(C)(C)O3)O1)O2. The molecule has 0 radical (unpaired) electrons. The van der Waals surface area contributed by atoms with Crippen molar-refractivity contribution in [3.63, 3.8) is 0 Å². The van der Waals surface area contributed by atoms with Crippen molar-refractivity contribution in [2.24, 2.45) is 10.8 Å². The molecule has 33 heavy (non-hydrogen) atoms. The van der Waals surface area contributed by atoms with E-state index in [-0.39, 0.29) is 16.4 Å². The average molecular weight is 457 g/mol. The van der Waals surface area contributed by atoms with Crippen LogP contribution >= 0.6 is 0 Å². The van der Waals surface area contributed by atoms with Gasteiger partial charge in [-0.05, 0) is 82.7 Å². The molecule has 5 heteroatoms. The number of rotatable bonds is 3. The van der Waals surface area contributed by atoms with Crippen LogP contribution in [0, 0.1) is 17.8 Å². The Morgan fingerprint density at radius 1 is 1.06 bits per heavy atom. The zero-order chi connectivity index (χ0) is 23.9.